The maximum absolute atomic E-state index is 12.9. The summed E-state index contributed by atoms with van der Waals surface area (Å²) in [6.45, 7) is 5.52. The lowest BCUT2D eigenvalue weighted by Gasteiger charge is -2.34. The van der Waals surface area contributed by atoms with E-state index < -0.39 is 10.0 Å². The first-order chi connectivity index (χ1) is 11.4. The Balaban J connectivity index is 1.79. The molecule has 128 valence electrons. The maximum Gasteiger partial charge on any atom is 0.243 e. The number of nitrogens with zero attached hydrogens (tertiary/aromatic N) is 4. The van der Waals surface area contributed by atoms with Crippen LogP contribution in [-0.2, 0) is 10.0 Å². The standard InChI is InChI=1S/C16H19ClN4O2S/c1-12-11-15(13(2)10-14(12)17)24(22,23)21-8-6-20(7-9-21)16-18-4-3-5-19-16/h3-5,10-11H,6-9H2,1-2H3. The van der Waals surface area contributed by atoms with Crippen molar-refractivity contribution in [1.82, 2.24) is 14.3 Å². The Morgan fingerprint density at radius 3 is 2.25 bits per heavy atom. The van der Waals surface area contributed by atoms with Crippen LogP contribution in [0.4, 0.5) is 5.95 Å². The van der Waals surface area contributed by atoms with Crippen molar-refractivity contribution < 1.29 is 8.42 Å². The maximum atomic E-state index is 12.9. The van der Waals surface area contributed by atoms with Gasteiger partial charge in [-0.05, 0) is 43.2 Å². The number of sulfonamides is 1. The van der Waals surface area contributed by atoms with Gasteiger partial charge in [-0.1, -0.05) is 11.6 Å². The summed E-state index contributed by atoms with van der Waals surface area (Å²) in [6.07, 6.45) is 3.37. The molecule has 6 nitrogen and oxygen atoms in total. The predicted octanol–water partition coefficient (Wildman–Crippen LogP) is 2.26. The molecule has 1 aliphatic rings. The van der Waals surface area contributed by atoms with Gasteiger partial charge in [-0.25, -0.2) is 18.4 Å². The normalized spacial score (nSPS) is 16.4. The van der Waals surface area contributed by atoms with Crippen LogP contribution < -0.4 is 4.90 Å². The van der Waals surface area contributed by atoms with Gasteiger partial charge < -0.3 is 4.90 Å². The first kappa shape index (κ1) is 17.1. The second-order valence-corrected chi connectivity index (χ2v) is 8.12. The molecule has 0 radical (unpaired) electrons. The number of hydrogen-bond acceptors (Lipinski definition) is 5. The van der Waals surface area contributed by atoms with Gasteiger partial charge >= 0.3 is 0 Å². The highest BCUT2D eigenvalue weighted by molar-refractivity contribution is 7.89. The molecule has 0 aliphatic carbocycles. The van der Waals surface area contributed by atoms with E-state index in [-0.39, 0.29) is 0 Å². The zero-order valence-corrected chi connectivity index (χ0v) is 15.2. The van der Waals surface area contributed by atoms with Crippen molar-refractivity contribution in [3.63, 3.8) is 0 Å². The van der Waals surface area contributed by atoms with Gasteiger partial charge in [0, 0.05) is 43.6 Å². The molecular formula is C16H19ClN4O2S. The number of piperazine rings is 1. The predicted molar refractivity (Wildman–Crippen MR) is 93.9 cm³/mol. The molecule has 2 heterocycles. The van der Waals surface area contributed by atoms with Crippen LogP contribution in [0.25, 0.3) is 0 Å². The molecule has 0 bridgehead atoms. The molecule has 1 saturated heterocycles. The fourth-order valence-electron chi connectivity index (χ4n) is 2.75. The molecule has 0 saturated carbocycles. The molecule has 3 rings (SSSR count). The summed E-state index contributed by atoms with van der Waals surface area (Å²) in [6, 6.07) is 5.12. The van der Waals surface area contributed by atoms with E-state index >= 15 is 0 Å². The van der Waals surface area contributed by atoms with Crippen molar-refractivity contribution in [3.8, 4) is 0 Å². The highest BCUT2D eigenvalue weighted by Crippen LogP contribution is 2.27. The van der Waals surface area contributed by atoms with E-state index in [0.29, 0.717) is 47.6 Å². The third-order valence-corrected chi connectivity index (χ3v) is 6.60. The van der Waals surface area contributed by atoms with E-state index in [2.05, 4.69) is 9.97 Å². The topological polar surface area (TPSA) is 66.4 Å². The summed E-state index contributed by atoms with van der Waals surface area (Å²) in [5.74, 6) is 0.632. The van der Waals surface area contributed by atoms with E-state index in [1.165, 1.54) is 4.31 Å². The van der Waals surface area contributed by atoms with Crippen LogP contribution in [0, 0.1) is 13.8 Å². The fraction of sp³-hybridized carbons (Fsp3) is 0.375. The van der Waals surface area contributed by atoms with Crippen molar-refractivity contribution in [2.45, 2.75) is 18.7 Å². The van der Waals surface area contributed by atoms with Gasteiger partial charge in [-0.15, -0.1) is 0 Å². The molecule has 2 aromatic rings. The molecule has 1 aromatic heterocycles. The lowest BCUT2D eigenvalue weighted by Crippen LogP contribution is -2.49. The summed E-state index contributed by atoms with van der Waals surface area (Å²) < 4.78 is 27.4. The zero-order chi connectivity index (χ0) is 17.3. The Labute approximate surface area is 147 Å². The van der Waals surface area contributed by atoms with Gasteiger partial charge in [0.1, 0.15) is 0 Å². The van der Waals surface area contributed by atoms with E-state index in [1.807, 2.05) is 11.8 Å². The van der Waals surface area contributed by atoms with Crippen molar-refractivity contribution in [1.29, 1.82) is 0 Å². The number of halogens is 1. The minimum atomic E-state index is -3.53. The van der Waals surface area contributed by atoms with Gasteiger partial charge in [-0.3, -0.25) is 0 Å². The highest BCUT2D eigenvalue weighted by atomic mass is 35.5. The van der Waals surface area contributed by atoms with Gasteiger partial charge in [0.15, 0.2) is 0 Å². The second-order valence-electron chi connectivity index (χ2n) is 5.81. The number of benzene rings is 1. The molecule has 8 heteroatoms. The monoisotopic (exact) mass is 366 g/mol. The van der Waals surface area contributed by atoms with Crippen LogP contribution in [0.2, 0.25) is 5.02 Å². The van der Waals surface area contributed by atoms with E-state index in [0.717, 1.165) is 5.56 Å². The second kappa shape index (κ2) is 6.66. The molecule has 0 amide bonds. The summed E-state index contributed by atoms with van der Waals surface area (Å²) in [5, 5.41) is 0.581. The summed E-state index contributed by atoms with van der Waals surface area (Å²) in [7, 11) is -3.53. The van der Waals surface area contributed by atoms with Gasteiger partial charge in [0.05, 0.1) is 4.90 Å². The Hall–Kier alpha value is -1.70. The SMILES string of the molecule is Cc1cc(S(=O)(=O)N2CCN(c3ncccn3)CC2)c(C)cc1Cl. The Kier molecular flexibility index (Phi) is 4.76. The lowest BCUT2D eigenvalue weighted by molar-refractivity contribution is 0.382. The van der Waals surface area contributed by atoms with Crippen LogP contribution in [0.5, 0.6) is 0 Å². The molecule has 24 heavy (non-hydrogen) atoms. The molecule has 1 fully saturated rings. The van der Waals surface area contributed by atoms with Gasteiger partial charge in [0.25, 0.3) is 0 Å². The minimum absolute atomic E-state index is 0.328. The van der Waals surface area contributed by atoms with E-state index in [9.17, 15) is 8.42 Å². The van der Waals surface area contributed by atoms with Crippen molar-refractivity contribution >= 4 is 27.6 Å². The molecule has 0 atom stereocenters. The van der Waals surface area contributed by atoms with Crippen LogP contribution in [-0.4, -0.2) is 48.9 Å². The average Bonchev–Trinajstić information content (AvgIpc) is 2.59. The van der Waals surface area contributed by atoms with Crippen molar-refractivity contribution in [3.05, 3.63) is 46.7 Å². The quantitative estimate of drug-likeness (QED) is 0.833. The molecule has 0 unspecified atom stereocenters. The molecule has 0 N–H and O–H groups in total. The van der Waals surface area contributed by atoms with Gasteiger partial charge in [0.2, 0.25) is 16.0 Å². The van der Waals surface area contributed by atoms with Crippen LogP contribution in [0.3, 0.4) is 0 Å². The van der Waals surface area contributed by atoms with Crippen LogP contribution in [0.1, 0.15) is 11.1 Å². The molecular weight excluding hydrogens is 348 g/mol. The minimum Gasteiger partial charge on any atom is -0.338 e. The lowest BCUT2D eigenvalue weighted by atomic mass is 10.2. The number of aromatic nitrogens is 2. The van der Waals surface area contributed by atoms with E-state index in [4.69, 9.17) is 11.6 Å². The third-order valence-electron chi connectivity index (χ3n) is 4.15. The average molecular weight is 367 g/mol. The largest absolute Gasteiger partial charge is 0.338 e. The van der Waals surface area contributed by atoms with E-state index in [1.54, 1.807) is 37.5 Å². The molecule has 1 aliphatic heterocycles. The zero-order valence-electron chi connectivity index (χ0n) is 13.6. The number of rotatable bonds is 3. The third kappa shape index (κ3) is 3.24. The smallest absolute Gasteiger partial charge is 0.243 e. The summed E-state index contributed by atoms with van der Waals surface area (Å²) >= 11 is 6.08. The van der Waals surface area contributed by atoms with Gasteiger partial charge in [-0.2, -0.15) is 4.31 Å². The van der Waals surface area contributed by atoms with Crippen molar-refractivity contribution in [2.75, 3.05) is 31.1 Å². The Morgan fingerprint density at radius 1 is 1.00 bits per heavy atom. The first-order valence-electron chi connectivity index (χ1n) is 7.68. The summed E-state index contributed by atoms with van der Waals surface area (Å²) in [4.78, 5) is 10.8. The fourth-order valence-corrected chi connectivity index (χ4v) is 4.69. The summed E-state index contributed by atoms with van der Waals surface area (Å²) in [5.41, 5.74) is 1.43. The number of aryl methyl sites for hydroxylation is 2. The van der Waals surface area contributed by atoms with Crippen LogP contribution in [0.15, 0.2) is 35.5 Å². The van der Waals surface area contributed by atoms with Crippen LogP contribution >= 0.6 is 11.6 Å². The number of anilines is 1. The Morgan fingerprint density at radius 2 is 1.62 bits per heavy atom. The highest BCUT2D eigenvalue weighted by Gasteiger charge is 2.30. The molecule has 1 aromatic carbocycles. The first-order valence-corrected chi connectivity index (χ1v) is 9.50. The number of hydrogen-bond donors (Lipinski definition) is 0. The Bertz CT molecular complexity index is 835. The van der Waals surface area contributed by atoms with Crippen molar-refractivity contribution in [2.24, 2.45) is 0 Å². The molecule has 0 spiro atoms.